The summed E-state index contributed by atoms with van der Waals surface area (Å²) >= 11 is 5.15. The van der Waals surface area contributed by atoms with Gasteiger partial charge in [-0.2, -0.15) is 4.98 Å². The molecule has 19 nitrogen and oxygen atoms in total. The van der Waals surface area contributed by atoms with Gasteiger partial charge in [0.1, 0.15) is 36.8 Å². The van der Waals surface area contributed by atoms with Gasteiger partial charge in [0.15, 0.2) is 53.5 Å². The van der Waals surface area contributed by atoms with E-state index in [0.29, 0.717) is 0 Å². The van der Waals surface area contributed by atoms with Crippen molar-refractivity contribution in [3.8, 4) is 0 Å². The van der Waals surface area contributed by atoms with Crippen LogP contribution in [0.5, 0.6) is 0 Å². The summed E-state index contributed by atoms with van der Waals surface area (Å²) in [6, 6.07) is 0. The number of alkyl halides is 2. The van der Waals surface area contributed by atoms with Crippen molar-refractivity contribution in [1.29, 1.82) is 0 Å². The Hall–Kier alpha value is -3.17. The number of anilines is 2. The normalized spacial score (nSPS) is 35.8. The van der Waals surface area contributed by atoms with Gasteiger partial charge in [-0.05, 0) is 11.8 Å². The van der Waals surface area contributed by atoms with Crippen LogP contribution >= 0.6 is 15.0 Å². The minimum absolute atomic E-state index is 0.0509. The highest BCUT2D eigenvalue weighted by Crippen LogP contribution is 2.52. The quantitative estimate of drug-likeness (QED) is 0.208. The molecular weight excluding hydrogens is 656 g/mol. The molecule has 234 valence electrons. The van der Waals surface area contributed by atoms with Gasteiger partial charge < -0.3 is 30.4 Å². The molecule has 4 aromatic rings. The van der Waals surface area contributed by atoms with E-state index < -0.39 is 83.0 Å². The molecule has 0 spiro atoms. The lowest BCUT2D eigenvalue weighted by Gasteiger charge is -2.26. The Balaban J connectivity index is 1.18. The number of hydrogen-bond donors (Lipinski definition) is 4. The van der Waals surface area contributed by atoms with Crippen molar-refractivity contribution in [2.45, 2.75) is 49.2 Å². The van der Waals surface area contributed by atoms with Crippen LogP contribution in [0.2, 0.25) is 0 Å². The highest BCUT2D eigenvalue weighted by molar-refractivity contribution is 8.07. The molecule has 0 saturated carbocycles. The van der Waals surface area contributed by atoms with E-state index in [1.807, 2.05) is 0 Å². The average Bonchev–Trinajstić information content (AvgIpc) is 3.72. The third kappa shape index (κ3) is 5.06. The molecule has 3 saturated heterocycles. The molecule has 24 heteroatoms. The number of nitrogens with one attached hydrogen (secondary N) is 1. The number of nitrogens with two attached hydrogens (primary N) is 2. The standard InChI is InChI=1S/C20H20F2N10O9P2S/c21-8-6-1-36-42(34)40-12-7(39-18(9(12)22)31-4-27-10-14(23)25-3-26-15(10)31)2-37-43(35,44)41-13(8)19(38-6)32-5-28-11-16(32)29-20(24)30-17(11)33/h3-9,12-13,18-19H,1-2H2,(H5-,23,24,25,26,29,30,33,35,44)/p+1/t6-,7-,8-,9-,12-,13-,18-,19-,43?/m1/s1. The average molecular weight is 677 g/mol. The lowest BCUT2D eigenvalue weighted by Crippen LogP contribution is -2.33. The Bertz CT molecular complexity index is 1880. The number of imidazole rings is 2. The SMILES string of the molecule is Nc1nc2c(ncn2[C@@H]2O[C@@H]3CO[P+](=O)O[C@H]4[C@@H](F)[C@H](n5cnc6c(N)ncnc65)O[C@@H]4COP(O)(=S)O[C@@H]2[C@@H]3F)c(=O)[nH]1. The third-order valence-electron chi connectivity index (χ3n) is 7.13. The Labute approximate surface area is 249 Å². The first-order valence-electron chi connectivity index (χ1n) is 12.7. The summed E-state index contributed by atoms with van der Waals surface area (Å²) < 4.78 is 80.0. The fourth-order valence-electron chi connectivity index (χ4n) is 5.15. The molecule has 2 unspecified atom stereocenters. The zero-order chi connectivity index (χ0) is 30.9. The van der Waals surface area contributed by atoms with Gasteiger partial charge in [-0.1, -0.05) is 0 Å². The zero-order valence-corrected chi connectivity index (χ0v) is 24.4. The molecule has 7 rings (SSSR count). The third-order valence-corrected chi connectivity index (χ3v) is 9.46. The number of rotatable bonds is 2. The molecular formula is C20H21F2N10O9P2S+. The molecule has 2 bridgehead atoms. The van der Waals surface area contributed by atoms with Gasteiger partial charge >= 0.3 is 15.0 Å². The summed E-state index contributed by atoms with van der Waals surface area (Å²) in [5.74, 6) is -0.201. The number of nitrogen functional groups attached to an aromatic ring is 2. The Kier molecular flexibility index (Phi) is 7.40. The molecule has 0 aliphatic carbocycles. The van der Waals surface area contributed by atoms with Crippen LogP contribution in [0.15, 0.2) is 23.8 Å². The van der Waals surface area contributed by atoms with Crippen molar-refractivity contribution in [1.82, 2.24) is 39.0 Å². The largest absolute Gasteiger partial charge is 0.697 e. The highest BCUT2D eigenvalue weighted by atomic mass is 32.5. The Morgan fingerprint density at radius 2 is 1.73 bits per heavy atom. The molecule has 7 heterocycles. The second kappa shape index (κ2) is 11.0. The molecule has 44 heavy (non-hydrogen) atoms. The van der Waals surface area contributed by atoms with Crippen LogP contribution in [0.1, 0.15) is 12.5 Å². The summed E-state index contributed by atoms with van der Waals surface area (Å²) in [6.45, 7) is -5.62. The number of aromatic amines is 1. The lowest BCUT2D eigenvalue weighted by molar-refractivity contribution is -0.0580. The lowest BCUT2D eigenvalue weighted by atomic mass is 10.1. The fourth-order valence-corrected chi connectivity index (χ4v) is 7.33. The summed E-state index contributed by atoms with van der Waals surface area (Å²) in [7, 11) is -3.08. The predicted molar refractivity (Wildman–Crippen MR) is 146 cm³/mol. The minimum atomic E-state index is -4.33. The van der Waals surface area contributed by atoms with E-state index in [1.54, 1.807) is 0 Å². The zero-order valence-electron chi connectivity index (χ0n) is 21.8. The summed E-state index contributed by atoms with van der Waals surface area (Å²) in [4.78, 5) is 45.5. The summed E-state index contributed by atoms with van der Waals surface area (Å²) in [6.07, 6.45) is -9.38. The first-order chi connectivity index (χ1) is 21.0. The van der Waals surface area contributed by atoms with Gasteiger partial charge in [0, 0.05) is 4.57 Å². The van der Waals surface area contributed by atoms with Crippen LogP contribution < -0.4 is 17.0 Å². The number of fused-ring (bicyclic) bond motifs is 5. The number of ether oxygens (including phenoxy) is 2. The van der Waals surface area contributed by atoms with E-state index in [0.717, 1.165) is 17.2 Å². The van der Waals surface area contributed by atoms with Crippen LogP contribution in [0.4, 0.5) is 20.5 Å². The molecule has 4 aromatic heterocycles. The number of hydrogen-bond acceptors (Lipinski definition) is 16. The van der Waals surface area contributed by atoms with Gasteiger partial charge in [-0.25, -0.2) is 28.7 Å². The van der Waals surface area contributed by atoms with E-state index in [4.69, 9.17) is 50.8 Å². The first kappa shape index (κ1) is 29.5. The molecule has 0 aromatic carbocycles. The predicted octanol–water partition coefficient (Wildman–Crippen LogP) is 0.286. The van der Waals surface area contributed by atoms with Gasteiger partial charge in [-0.15, -0.1) is 9.05 Å². The fraction of sp³-hybridized carbons (Fsp3) is 0.500. The minimum Gasteiger partial charge on any atom is -0.382 e. The number of nitrogens with zero attached hydrogens (tertiary/aromatic N) is 7. The monoisotopic (exact) mass is 677 g/mol. The second-order valence-corrected chi connectivity index (χ2v) is 13.5. The molecule has 3 aliphatic rings. The van der Waals surface area contributed by atoms with Crippen molar-refractivity contribution in [2.24, 2.45) is 0 Å². The van der Waals surface area contributed by atoms with Crippen molar-refractivity contribution in [3.63, 3.8) is 0 Å². The summed E-state index contributed by atoms with van der Waals surface area (Å²) in [5, 5.41) is 0. The van der Waals surface area contributed by atoms with Gasteiger partial charge in [0.05, 0.1) is 19.3 Å². The Morgan fingerprint density at radius 1 is 1.00 bits per heavy atom. The maximum absolute atomic E-state index is 15.8. The number of halogens is 2. The second-order valence-electron chi connectivity index (χ2n) is 9.80. The van der Waals surface area contributed by atoms with Gasteiger partial charge in [0.2, 0.25) is 5.95 Å². The summed E-state index contributed by atoms with van der Waals surface area (Å²) in [5.41, 5.74) is 10.9. The van der Waals surface area contributed by atoms with Crippen LogP contribution in [0, 0.1) is 0 Å². The van der Waals surface area contributed by atoms with E-state index in [-0.39, 0.29) is 34.1 Å². The molecule has 3 fully saturated rings. The first-order valence-corrected chi connectivity index (χ1v) is 16.4. The number of aromatic nitrogens is 8. The molecule has 6 N–H and O–H groups in total. The maximum atomic E-state index is 15.8. The van der Waals surface area contributed by atoms with E-state index in [9.17, 15) is 14.3 Å². The van der Waals surface area contributed by atoms with E-state index in [2.05, 4.69) is 29.9 Å². The van der Waals surface area contributed by atoms with Gasteiger partial charge in [-0.3, -0.25) is 23.4 Å². The van der Waals surface area contributed by atoms with Gasteiger partial charge in [0.25, 0.3) is 5.56 Å². The number of H-pyrrole nitrogens is 1. The molecule has 10 atom stereocenters. The van der Waals surface area contributed by atoms with Crippen LogP contribution in [0.3, 0.4) is 0 Å². The van der Waals surface area contributed by atoms with Crippen molar-refractivity contribution in [2.75, 3.05) is 24.7 Å². The van der Waals surface area contributed by atoms with Crippen LogP contribution in [0.25, 0.3) is 22.3 Å². The van der Waals surface area contributed by atoms with E-state index >= 15 is 8.78 Å². The van der Waals surface area contributed by atoms with Crippen molar-refractivity contribution in [3.05, 3.63) is 29.3 Å². The highest BCUT2D eigenvalue weighted by Gasteiger charge is 2.55. The van der Waals surface area contributed by atoms with E-state index in [1.165, 1.54) is 10.9 Å². The van der Waals surface area contributed by atoms with Crippen LogP contribution in [-0.2, 0) is 43.9 Å². The van der Waals surface area contributed by atoms with Crippen molar-refractivity contribution < 1.29 is 45.8 Å². The smallest absolute Gasteiger partial charge is 0.382 e. The van der Waals surface area contributed by atoms with Crippen molar-refractivity contribution >= 4 is 60.9 Å². The van der Waals surface area contributed by atoms with Crippen LogP contribution in [-0.4, -0.2) is 93.9 Å². The topological polar surface area (TPSA) is 252 Å². The molecule has 0 radical (unpaired) electrons. The molecule has 0 amide bonds. The Morgan fingerprint density at radius 3 is 2.52 bits per heavy atom. The maximum Gasteiger partial charge on any atom is 0.697 e. The molecule has 3 aliphatic heterocycles.